The monoisotopic (exact) mass is 142 g/mol. The quantitative estimate of drug-likeness (QED) is 0.453. The van der Waals surface area contributed by atoms with Gasteiger partial charge in [0.25, 0.3) is 0 Å². The molecule has 3 heteroatoms. The van der Waals surface area contributed by atoms with Crippen LogP contribution in [0.25, 0.3) is 0 Å². The smallest absolute Gasteiger partial charge is 0.170 e. The Balaban J connectivity index is 2.83. The van der Waals surface area contributed by atoms with Crippen molar-refractivity contribution >= 4 is 5.78 Å². The minimum Gasteiger partial charge on any atom is -0.389 e. The predicted octanol–water partition coefficient (Wildman–Crippen LogP) is -0.373. The Labute approximate surface area is 59.0 Å². The van der Waals surface area contributed by atoms with Crippen molar-refractivity contribution in [1.82, 2.24) is 0 Å². The first kappa shape index (κ1) is 7.44. The number of Topliss-reactive ketones (excluding diaryl/α,β-unsaturated/α-hetero) is 1. The van der Waals surface area contributed by atoms with E-state index in [4.69, 9.17) is 5.11 Å². The van der Waals surface area contributed by atoms with Crippen LogP contribution in [0.5, 0.6) is 0 Å². The van der Waals surface area contributed by atoms with E-state index in [1.54, 1.807) is 0 Å². The van der Waals surface area contributed by atoms with Crippen molar-refractivity contribution in [2.45, 2.75) is 25.0 Å². The van der Waals surface area contributed by atoms with Crippen molar-refractivity contribution in [3.63, 3.8) is 0 Å². The Kier molecular flexibility index (Phi) is 1.62. The third-order valence-electron chi connectivity index (χ3n) is 1.60. The van der Waals surface area contributed by atoms with Gasteiger partial charge in [-0.3, -0.25) is 4.79 Å². The first-order valence-electron chi connectivity index (χ1n) is 3.15. The second kappa shape index (κ2) is 2.18. The molecule has 0 spiro atoms. The van der Waals surface area contributed by atoms with Gasteiger partial charge in [-0.2, -0.15) is 0 Å². The number of carbonyl (C=O) groups is 1. The number of ketones is 1. The van der Waals surface area contributed by atoms with Crippen LogP contribution in [-0.2, 0) is 4.79 Å². The third kappa shape index (κ3) is 1.25. The van der Waals surface area contributed by atoms with Crippen LogP contribution in [0.2, 0.25) is 0 Å². The highest BCUT2D eigenvalue weighted by molar-refractivity contribution is 5.90. The van der Waals surface area contributed by atoms with Crippen LogP contribution in [0.4, 0.5) is 0 Å². The lowest BCUT2D eigenvalue weighted by molar-refractivity contribution is -0.134. The minimum atomic E-state index is -1.36. The number of aliphatic hydroxyl groups is 2. The normalized spacial score (nSPS) is 40.3. The highest BCUT2D eigenvalue weighted by Crippen LogP contribution is 2.17. The highest BCUT2D eigenvalue weighted by Gasteiger charge is 2.31. The summed E-state index contributed by atoms with van der Waals surface area (Å²) in [5, 5.41) is 18.1. The van der Waals surface area contributed by atoms with Gasteiger partial charge in [0.15, 0.2) is 5.78 Å². The van der Waals surface area contributed by atoms with E-state index in [1.165, 1.54) is 19.1 Å². The van der Waals surface area contributed by atoms with Gasteiger partial charge >= 0.3 is 0 Å². The van der Waals surface area contributed by atoms with Crippen LogP contribution in [0.15, 0.2) is 12.2 Å². The van der Waals surface area contributed by atoms with Crippen LogP contribution in [0.1, 0.15) is 13.3 Å². The van der Waals surface area contributed by atoms with E-state index < -0.39 is 11.7 Å². The fraction of sp³-hybridized carbons (Fsp3) is 0.571. The molecule has 2 unspecified atom stereocenters. The summed E-state index contributed by atoms with van der Waals surface area (Å²) < 4.78 is 0. The molecule has 2 atom stereocenters. The van der Waals surface area contributed by atoms with E-state index in [2.05, 4.69) is 0 Å². The Hall–Kier alpha value is -0.670. The molecule has 0 fully saturated rings. The Bertz CT molecular complexity index is 181. The van der Waals surface area contributed by atoms with Crippen molar-refractivity contribution < 1.29 is 15.0 Å². The second-order valence-electron chi connectivity index (χ2n) is 2.70. The summed E-state index contributed by atoms with van der Waals surface area (Å²) in [6.07, 6.45) is 2.06. The van der Waals surface area contributed by atoms with Crippen LogP contribution in [0.3, 0.4) is 0 Å². The largest absolute Gasteiger partial charge is 0.389 e. The number of carbonyl (C=O) groups excluding carboxylic acids is 1. The molecular weight excluding hydrogens is 132 g/mol. The van der Waals surface area contributed by atoms with Crippen molar-refractivity contribution in [2.75, 3.05) is 0 Å². The molecule has 0 radical (unpaired) electrons. The molecule has 0 aliphatic heterocycles. The molecule has 0 amide bonds. The van der Waals surface area contributed by atoms with Crippen molar-refractivity contribution in [3.8, 4) is 0 Å². The summed E-state index contributed by atoms with van der Waals surface area (Å²) >= 11 is 0. The van der Waals surface area contributed by atoms with Crippen molar-refractivity contribution in [1.29, 1.82) is 0 Å². The topological polar surface area (TPSA) is 57.5 Å². The summed E-state index contributed by atoms with van der Waals surface area (Å²) in [6.45, 7) is 1.41. The number of aliphatic hydroxyl groups excluding tert-OH is 1. The predicted molar refractivity (Wildman–Crippen MR) is 35.4 cm³/mol. The number of rotatable bonds is 0. The molecule has 1 rings (SSSR count). The second-order valence-corrected chi connectivity index (χ2v) is 2.70. The van der Waals surface area contributed by atoms with Crippen molar-refractivity contribution in [2.24, 2.45) is 0 Å². The van der Waals surface area contributed by atoms with Gasteiger partial charge in [0.1, 0.15) is 5.60 Å². The lowest BCUT2D eigenvalue weighted by atomic mass is 9.90. The van der Waals surface area contributed by atoms with Crippen LogP contribution >= 0.6 is 0 Å². The van der Waals surface area contributed by atoms with E-state index in [1.807, 2.05) is 0 Å². The zero-order valence-corrected chi connectivity index (χ0v) is 5.74. The molecule has 56 valence electrons. The molecule has 0 aromatic rings. The summed E-state index contributed by atoms with van der Waals surface area (Å²) in [7, 11) is 0. The summed E-state index contributed by atoms with van der Waals surface area (Å²) in [5.74, 6) is -0.331. The SMILES string of the molecule is CC1(O)C=CC(O)CC1=O. The van der Waals surface area contributed by atoms with E-state index in [0.717, 1.165) is 0 Å². The van der Waals surface area contributed by atoms with Crippen LogP contribution < -0.4 is 0 Å². The van der Waals surface area contributed by atoms with Gasteiger partial charge in [-0.25, -0.2) is 0 Å². The Morgan fingerprint density at radius 1 is 1.80 bits per heavy atom. The molecular formula is C7H10O3. The summed E-state index contributed by atoms with van der Waals surface area (Å²) in [4.78, 5) is 10.9. The van der Waals surface area contributed by atoms with Gasteiger partial charge < -0.3 is 10.2 Å². The average molecular weight is 142 g/mol. The maximum atomic E-state index is 10.9. The van der Waals surface area contributed by atoms with E-state index >= 15 is 0 Å². The summed E-state index contributed by atoms with van der Waals surface area (Å²) in [5.41, 5.74) is -1.36. The molecule has 0 saturated heterocycles. The van der Waals surface area contributed by atoms with Gasteiger partial charge in [0.2, 0.25) is 0 Å². The molecule has 1 aliphatic rings. The van der Waals surface area contributed by atoms with Gasteiger partial charge in [0, 0.05) is 6.42 Å². The standard InChI is InChI=1S/C7H10O3/c1-7(10)3-2-5(8)4-6(7)9/h2-3,5,8,10H,4H2,1H3. The maximum Gasteiger partial charge on any atom is 0.170 e. The lowest BCUT2D eigenvalue weighted by Crippen LogP contribution is -2.38. The molecule has 0 aromatic heterocycles. The zero-order valence-electron chi connectivity index (χ0n) is 5.74. The molecule has 0 bridgehead atoms. The first-order chi connectivity index (χ1) is 4.52. The van der Waals surface area contributed by atoms with Gasteiger partial charge in [-0.05, 0) is 13.0 Å². The highest BCUT2D eigenvalue weighted by atomic mass is 16.3. The molecule has 0 aromatic carbocycles. The number of hydrogen-bond acceptors (Lipinski definition) is 3. The number of hydrogen-bond donors (Lipinski definition) is 2. The fourth-order valence-corrected chi connectivity index (χ4v) is 0.856. The molecule has 3 nitrogen and oxygen atoms in total. The zero-order chi connectivity index (χ0) is 7.78. The van der Waals surface area contributed by atoms with Crippen molar-refractivity contribution in [3.05, 3.63) is 12.2 Å². The lowest BCUT2D eigenvalue weighted by Gasteiger charge is -2.22. The van der Waals surface area contributed by atoms with Gasteiger partial charge in [-0.15, -0.1) is 0 Å². The fourth-order valence-electron chi connectivity index (χ4n) is 0.856. The maximum absolute atomic E-state index is 10.9. The van der Waals surface area contributed by atoms with Gasteiger partial charge in [-0.1, -0.05) is 6.08 Å². The molecule has 0 saturated carbocycles. The molecule has 1 aliphatic carbocycles. The van der Waals surface area contributed by atoms with Crippen LogP contribution in [-0.4, -0.2) is 27.7 Å². The van der Waals surface area contributed by atoms with Gasteiger partial charge in [0.05, 0.1) is 6.10 Å². The first-order valence-corrected chi connectivity index (χ1v) is 3.15. The van der Waals surface area contributed by atoms with E-state index in [0.29, 0.717) is 0 Å². The Morgan fingerprint density at radius 3 is 2.80 bits per heavy atom. The molecule has 2 N–H and O–H groups in total. The van der Waals surface area contributed by atoms with E-state index in [-0.39, 0.29) is 12.2 Å². The minimum absolute atomic E-state index is 0.0174. The molecule has 10 heavy (non-hydrogen) atoms. The van der Waals surface area contributed by atoms with Crippen LogP contribution in [0, 0.1) is 0 Å². The third-order valence-corrected chi connectivity index (χ3v) is 1.60. The average Bonchev–Trinajstić information content (AvgIpc) is 1.81. The summed E-state index contributed by atoms with van der Waals surface area (Å²) in [6, 6.07) is 0. The molecule has 0 heterocycles. The van der Waals surface area contributed by atoms with E-state index in [9.17, 15) is 9.90 Å². The Morgan fingerprint density at radius 2 is 2.40 bits per heavy atom.